The summed E-state index contributed by atoms with van der Waals surface area (Å²) in [7, 11) is 1.30. The Labute approximate surface area is 114 Å². The molecule has 0 fully saturated rings. The number of benzene rings is 1. The molecule has 2 aromatic rings. The number of hydrogen-bond acceptors (Lipinski definition) is 5. The smallest absolute Gasteiger partial charge is 0.356 e. The monoisotopic (exact) mass is 275 g/mol. The Kier molecular flexibility index (Phi) is 3.43. The minimum atomic E-state index is -1.14. The summed E-state index contributed by atoms with van der Waals surface area (Å²) in [6.07, 6.45) is 0. The fraction of sp³-hybridized carbons (Fsp3) is 0.154. The molecule has 7 heteroatoms. The van der Waals surface area contributed by atoms with E-state index in [9.17, 15) is 9.59 Å². The molecule has 0 aliphatic rings. The Balaban J connectivity index is 2.44. The van der Waals surface area contributed by atoms with Crippen LogP contribution in [0.15, 0.2) is 24.3 Å². The molecule has 104 valence electrons. The standard InChI is InChI=1S/C13H13N3O4/c1-7-10(12(17)18)15-16(11(7)14)9-5-3-8(4-6-9)13(19)20-2/h3-6H,14H2,1-2H3,(H,17,18). The number of ether oxygens (including phenoxy) is 1. The predicted octanol–water partition coefficient (Wildman–Crippen LogP) is 1.25. The number of rotatable bonds is 3. The van der Waals surface area contributed by atoms with E-state index in [0.717, 1.165) is 0 Å². The van der Waals surface area contributed by atoms with Crippen molar-refractivity contribution < 1.29 is 19.4 Å². The van der Waals surface area contributed by atoms with Gasteiger partial charge in [-0.3, -0.25) is 0 Å². The number of nitrogen functional groups attached to an aromatic ring is 1. The Bertz CT molecular complexity index is 674. The van der Waals surface area contributed by atoms with Crippen LogP contribution >= 0.6 is 0 Å². The van der Waals surface area contributed by atoms with Gasteiger partial charge in [-0.1, -0.05) is 0 Å². The van der Waals surface area contributed by atoms with E-state index in [1.807, 2.05) is 0 Å². The number of nitrogens with two attached hydrogens (primary N) is 1. The van der Waals surface area contributed by atoms with E-state index < -0.39 is 11.9 Å². The van der Waals surface area contributed by atoms with E-state index in [0.29, 0.717) is 16.8 Å². The van der Waals surface area contributed by atoms with Crippen molar-refractivity contribution in [1.82, 2.24) is 9.78 Å². The summed E-state index contributed by atoms with van der Waals surface area (Å²) >= 11 is 0. The average molecular weight is 275 g/mol. The summed E-state index contributed by atoms with van der Waals surface area (Å²) < 4.78 is 5.92. The third-order valence-corrected chi connectivity index (χ3v) is 2.90. The molecule has 0 unspecified atom stereocenters. The van der Waals surface area contributed by atoms with Crippen LogP contribution in [-0.4, -0.2) is 33.9 Å². The molecule has 0 radical (unpaired) electrons. The van der Waals surface area contributed by atoms with Gasteiger partial charge in [0.15, 0.2) is 5.69 Å². The second-order valence-electron chi connectivity index (χ2n) is 4.11. The number of aromatic carboxylic acids is 1. The third-order valence-electron chi connectivity index (χ3n) is 2.90. The number of hydrogen-bond donors (Lipinski definition) is 2. The molecule has 0 saturated carbocycles. The molecule has 0 spiro atoms. The highest BCUT2D eigenvalue weighted by Crippen LogP contribution is 2.20. The van der Waals surface area contributed by atoms with Gasteiger partial charge in [0, 0.05) is 5.56 Å². The summed E-state index contributed by atoms with van der Waals surface area (Å²) in [4.78, 5) is 22.3. The fourth-order valence-corrected chi connectivity index (χ4v) is 1.77. The largest absolute Gasteiger partial charge is 0.476 e. The molecule has 2 rings (SSSR count). The maximum atomic E-state index is 11.3. The predicted molar refractivity (Wildman–Crippen MR) is 71.0 cm³/mol. The maximum Gasteiger partial charge on any atom is 0.356 e. The van der Waals surface area contributed by atoms with Crippen LogP contribution in [-0.2, 0) is 4.74 Å². The highest BCUT2D eigenvalue weighted by molar-refractivity contribution is 5.90. The minimum absolute atomic E-state index is 0.0976. The first-order valence-corrected chi connectivity index (χ1v) is 5.73. The van der Waals surface area contributed by atoms with Crippen molar-refractivity contribution >= 4 is 17.8 Å². The lowest BCUT2D eigenvalue weighted by molar-refractivity contribution is 0.0599. The molecule has 20 heavy (non-hydrogen) atoms. The van der Waals surface area contributed by atoms with E-state index >= 15 is 0 Å². The first kappa shape index (κ1) is 13.6. The molecule has 1 aromatic heterocycles. The van der Waals surface area contributed by atoms with Crippen molar-refractivity contribution in [2.45, 2.75) is 6.92 Å². The SMILES string of the molecule is COC(=O)c1ccc(-n2nc(C(=O)O)c(C)c2N)cc1. The molecule has 0 atom stereocenters. The van der Waals surface area contributed by atoms with Crippen LogP contribution in [0, 0.1) is 6.92 Å². The Morgan fingerprint density at radius 1 is 1.30 bits per heavy atom. The van der Waals surface area contributed by atoms with Crippen molar-refractivity contribution in [3.63, 3.8) is 0 Å². The quantitative estimate of drug-likeness (QED) is 0.816. The van der Waals surface area contributed by atoms with Crippen LogP contribution in [0.25, 0.3) is 5.69 Å². The summed E-state index contributed by atoms with van der Waals surface area (Å²) in [5.41, 5.74) is 7.09. The molecule has 7 nitrogen and oxygen atoms in total. The van der Waals surface area contributed by atoms with Crippen molar-refractivity contribution in [1.29, 1.82) is 0 Å². The molecule has 3 N–H and O–H groups in total. The number of carbonyl (C=O) groups is 2. The Morgan fingerprint density at radius 2 is 1.90 bits per heavy atom. The number of anilines is 1. The van der Waals surface area contributed by atoms with Gasteiger partial charge in [-0.2, -0.15) is 5.10 Å². The van der Waals surface area contributed by atoms with E-state index in [1.54, 1.807) is 31.2 Å². The lowest BCUT2D eigenvalue weighted by Crippen LogP contribution is -2.05. The minimum Gasteiger partial charge on any atom is -0.476 e. The van der Waals surface area contributed by atoms with Gasteiger partial charge in [0.2, 0.25) is 0 Å². The number of methoxy groups -OCH3 is 1. The average Bonchev–Trinajstić information content (AvgIpc) is 2.75. The van der Waals surface area contributed by atoms with Crippen LogP contribution < -0.4 is 5.73 Å². The van der Waals surface area contributed by atoms with Crippen molar-refractivity contribution in [3.05, 3.63) is 41.1 Å². The zero-order valence-electron chi connectivity index (χ0n) is 11.0. The summed E-state index contributed by atoms with van der Waals surface area (Å²) in [6.45, 7) is 1.59. The highest BCUT2D eigenvalue weighted by atomic mass is 16.5. The van der Waals surface area contributed by atoms with Crippen LogP contribution in [0.3, 0.4) is 0 Å². The number of nitrogens with zero attached hydrogens (tertiary/aromatic N) is 2. The van der Waals surface area contributed by atoms with E-state index in [4.69, 9.17) is 10.8 Å². The van der Waals surface area contributed by atoms with Gasteiger partial charge in [0.1, 0.15) is 5.82 Å². The zero-order valence-corrected chi connectivity index (χ0v) is 11.0. The summed E-state index contributed by atoms with van der Waals surface area (Å²) in [5, 5.41) is 13.0. The van der Waals surface area contributed by atoms with Crippen molar-refractivity contribution in [2.24, 2.45) is 0 Å². The lowest BCUT2D eigenvalue weighted by atomic mass is 10.2. The molecule has 0 saturated heterocycles. The number of aromatic nitrogens is 2. The van der Waals surface area contributed by atoms with Gasteiger partial charge in [-0.15, -0.1) is 0 Å². The van der Waals surface area contributed by atoms with E-state index in [-0.39, 0.29) is 11.5 Å². The van der Waals surface area contributed by atoms with E-state index in [2.05, 4.69) is 9.84 Å². The molecule has 0 bridgehead atoms. The van der Waals surface area contributed by atoms with Crippen molar-refractivity contribution in [3.8, 4) is 5.69 Å². The van der Waals surface area contributed by atoms with Gasteiger partial charge in [-0.25, -0.2) is 14.3 Å². The fourth-order valence-electron chi connectivity index (χ4n) is 1.77. The van der Waals surface area contributed by atoms with Crippen LogP contribution in [0.2, 0.25) is 0 Å². The molecule has 0 aliphatic carbocycles. The van der Waals surface area contributed by atoms with Gasteiger partial charge in [-0.05, 0) is 31.2 Å². The first-order chi connectivity index (χ1) is 9.45. The van der Waals surface area contributed by atoms with Crippen LogP contribution in [0.4, 0.5) is 5.82 Å². The lowest BCUT2D eigenvalue weighted by Gasteiger charge is -2.05. The molecule has 0 aliphatic heterocycles. The van der Waals surface area contributed by atoms with Gasteiger partial charge in [0.05, 0.1) is 18.4 Å². The maximum absolute atomic E-state index is 11.3. The van der Waals surface area contributed by atoms with Crippen molar-refractivity contribution in [2.75, 3.05) is 12.8 Å². The van der Waals surface area contributed by atoms with Crippen LogP contribution in [0.1, 0.15) is 26.4 Å². The molecule has 0 amide bonds. The summed E-state index contributed by atoms with van der Waals surface area (Å²) in [5.74, 6) is -1.35. The van der Waals surface area contributed by atoms with Gasteiger partial charge < -0.3 is 15.6 Å². The van der Waals surface area contributed by atoms with E-state index in [1.165, 1.54) is 11.8 Å². The first-order valence-electron chi connectivity index (χ1n) is 5.73. The summed E-state index contributed by atoms with van der Waals surface area (Å²) in [6, 6.07) is 6.33. The second kappa shape index (κ2) is 5.04. The Morgan fingerprint density at radius 3 is 2.35 bits per heavy atom. The number of esters is 1. The normalized spacial score (nSPS) is 10.3. The third kappa shape index (κ3) is 2.20. The number of carboxylic acid groups (broad SMARTS) is 1. The highest BCUT2D eigenvalue weighted by Gasteiger charge is 2.18. The van der Waals surface area contributed by atoms with Crippen LogP contribution in [0.5, 0.6) is 0 Å². The second-order valence-corrected chi connectivity index (χ2v) is 4.11. The molecule has 1 aromatic carbocycles. The topological polar surface area (TPSA) is 107 Å². The number of carboxylic acids is 1. The van der Waals surface area contributed by atoms with Gasteiger partial charge in [0.25, 0.3) is 0 Å². The Hall–Kier alpha value is -2.83. The molecular formula is C13H13N3O4. The molecular weight excluding hydrogens is 262 g/mol. The number of carbonyl (C=O) groups excluding carboxylic acids is 1. The van der Waals surface area contributed by atoms with Gasteiger partial charge >= 0.3 is 11.9 Å². The zero-order chi connectivity index (χ0) is 14.9. The molecule has 1 heterocycles.